The zero-order chi connectivity index (χ0) is 24.8. The molecular formula is C26H35N2O7+. The molecule has 1 unspecified atom stereocenters. The normalized spacial score (nSPS) is 39.3. The van der Waals surface area contributed by atoms with Gasteiger partial charge in [0.15, 0.2) is 0 Å². The number of carboxylic acids is 2. The molecule has 1 saturated heterocycles. The molecule has 5 aliphatic rings. The summed E-state index contributed by atoms with van der Waals surface area (Å²) < 4.78 is 7.31. The molecule has 0 amide bonds. The van der Waals surface area contributed by atoms with Crippen LogP contribution in [0.1, 0.15) is 56.1 Å². The summed E-state index contributed by atoms with van der Waals surface area (Å²) in [7, 11) is 2.28. The summed E-state index contributed by atoms with van der Waals surface area (Å²) in [5, 5.41) is 45.3. The molecule has 9 nitrogen and oxygen atoms in total. The molecular weight excluding hydrogens is 452 g/mol. The fourth-order valence-electron chi connectivity index (χ4n) is 7.97. The third kappa shape index (κ3) is 3.17. The SMILES string of the molecule is C[N+]1(CC2CC2)CC[C@]23c4c5ccc(N[C@@H](CCC(=O)O)C(=O)O)c4O[C@H]2[C@H](O)CC[C@@]3(O)[C@H]1C5. The van der Waals surface area contributed by atoms with Crippen LogP contribution in [0.25, 0.3) is 0 Å². The van der Waals surface area contributed by atoms with E-state index in [2.05, 4.69) is 12.4 Å². The van der Waals surface area contributed by atoms with Crippen molar-refractivity contribution in [3.8, 4) is 5.75 Å². The summed E-state index contributed by atoms with van der Waals surface area (Å²) in [5.74, 6) is -0.940. The molecule has 7 atom stereocenters. The minimum atomic E-state index is -1.13. The lowest BCUT2D eigenvalue weighted by atomic mass is 9.48. The number of nitrogens with zero attached hydrogens (tertiary/aromatic N) is 1. The highest BCUT2D eigenvalue weighted by Gasteiger charge is 2.76. The van der Waals surface area contributed by atoms with Gasteiger partial charge in [-0.3, -0.25) is 4.79 Å². The van der Waals surface area contributed by atoms with Crippen molar-refractivity contribution in [3.63, 3.8) is 0 Å². The maximum Gasteiger partial charge on any atom is 0.326 e. The van der Waals surface area contributed by atoms with Gasteiger partial charge in [0.2, 0.25) is 0 Å². The Morgan fingerprint density at radius 3 is 2.69 bits per heavy atom. The average molecular weight is 488 g/mol. The molecule has 6 rings (SSSR count). The van der Waals surface area contributed by atoms with Crippen LogP contribution in [-0.4, -0.2) is 86.9 Å². The van der Waals surface area contributed by atoms with Crippen LogP contribution in [-0.2, 0) is 21.4 Å². The number of ether oxygens (including phenoxy) is 1. The van der Waals surface area contributed by atoms with Gasteiger partial charge in [0.05, 0.1) is 37.3 Å². The van der Waals surface area contributed by atoms with Crippen molar-refractivity contribution < 1.29 is 39.2 Å². The first-order valence-corrected chi connectivity index (χ1v) is 12.9. The van der Waals surface area contributed by atoms with Crippen LogP contribution in [0, 0.1) is 5.92 Å². The second-order valence-corrected chi connectivity index (χ2v) is 11.8. The summed E-state index contributed by atoms with van der Waals surface area (Å²) in [4.78, 5) is 22.9. The number of hydrogen-bond acceptors (Lipinski definition) is 6. The minimum Gasteiger partial charge on any atom is -0.484 e. The highest BCUT2D eigenvalue weighted by Crippen LogP contribution is 2.66. The van der Waals surface area contributed by atoms with Gasteiger partial charge in [-0.1, -0.05) is 6.07 Å². The Morgan fingerprint density at radius 1 is 1.23 bits per heavy atom. The van der Waals surface area contributed by atoms with Crippen LogP contribution in [0.2, 0.25) is 0 Å². The molecule has 0 radical (unpaired) electrons. The number of piperidine rings is 1. The van der Waals surface area contributed by atoms with E-state index in [1.165, 1.54) is 12.8 Å². The number of likely N-dealkylation sites (tertiary alicyclic amines) is 1. The number of aliphatic hydroxyl groups is 2. The summed E-state index contributed by atoms with van der Waals surface area (Å²) in [5.41, 5.74) is 0.778. The Kier molecular flexibility index (Phi) is 4.99. The number of aliphatic carboxylic acids is 2. The Hall–Kier alpha value is -2.36. The Labute approximate surface area is 204 Å². The standard InChI is InChI=1S/C26H34N2O7/c1-28(13-14-2-3-14)11-10-25-21-15-4-5-16(27-17(24(32)33)6-7-20(30)31)22(21)35-23(25)18(29)8-9-26(25,34)19(28)12-15/h4-5,14,17-19,23,27,29,34H,2-3,6-13H2,1H3,(H-,30,31,32,33)/p+1/t17-,18+,19+,23-,25-,26+,28?/m0/s1. The molecule has 35 heavy (non-hydrogen) atoms. The number of quaternary nitrogens is 1. The van der Waals surface area contributed by atoms with E-state index in [1.807, 2.05) is 12.1 Å². The molecule has 190 valence electrons. The molecule has 2 saturated carbocycles. The number of likely N-dealkylation sites (N-methyl/N-ethyl adjacent to an activating group) is 1. The fraction of sp³-hybridized carbons (Fsp3) is 0.692. The Balaban J connectivity index is 1.44. The zero-order valence-electron chi connectivity index (χ0n) is 20.1. The van der Waals surface area contributed by atoms with Gasteiger partial charge in [0, 0.05) is 30.7 Å². The van der Waals surface area contributed by atoms with E-state index >= 15 is 0 Å². The van der Waals surface area contributed by atoms with Gasteiger partial charge in [-0.15, -0.1) is 0 Å². The summed E-state index contributed by atoms with van der Waals surface area (Å²) in [6.45, 7) is 1.98. The first-order chi connectivity index (χ1) is 16.6. The van der Waals surface area contributed by atoms with Gasteiger partial charge in [-0.05, 0) is 43.7 Å². The summed E-state index contributed by atoms with van der Waals surface area (Å²) in [6.07, 6.45) is 3.29. The number of anilines is 1. The third-order valence-corrected chi connectivity index (χ3v) is 9.74. The lowest BCUT2D eigenvalue weighted by molar-refractivity contribution is -0.950. The molecule has 0 aromatic heterocycles. The van der Waals surface area contributed by atoms with Crippen LogP contribution < -0.4 is 10.1 Å². The van der Waals surface area contributed by atoms with Gasteiger partial charge in [-0.2, -0.15) is 0 Å². The van der Waals surface area contributed by atoms with Crippen molar-refractivity contribution in [2.45, 2.75) is 86.7 Å². The zero-order valence-corrected chi connectivity index (χ0v) is 20.1. The summed E-state index contributed by atoms with van der Waals surface area (Å²) in [6, 6.07) is 2.76. The van der Waals surface area contributed by atoms with Crippen molar-refractivity contribution >= 4 is 17.6 Å². The van der Waals surface area contributed by atoms with Crippen LogP contribution >= 0.6 is 0 Å². The van der Waals surface area contributed by atoms with Crippen LogP contribution in [0.5, 0.6) is 5.75 Å². The minimum absolute atomic E-state index is 0.0232. The van der Waals surface area contributed by atoms with Crippen molar-refractivity contribution in [1.29, 1.82) is 0 Å². The molecule has 5 N–H and O–H groups in total. The maximum atomic E-state index is 12.5. The number of carboxylic acid groups (broad SMARTS) is 2. The lowest BCUT2D eigenvalue weighted by Crippen LogP contribution is -2.81. The monoisotopic (exact) mass is 487 g/mol. The highest BCUT2D eigenvalue weighted by molar-refractivity contribution is 5.80. The Bertz CT molecular complexity index is 1090. The number of hydrogen-bond donors (Lipinski definition) is 5. The van der Waals surface area contributed by atoms with Crippen molar-refractivity contribution in [2.75, 3.05) is 25.5 Å². The molecule has 3 aliphatic carbocycles. The van der Waals surface area contributed by atoms with Crippen LogP contribution in [0.3, 0.4) is 0 Å². The van der Waals surface area contributed by atoms with E-state index in [9.17, 15) is 24.9 Å². The third-order valence-electron chi connectivity index (χ3n) is 9.74. The van der Waals surface area contributed by atoms with E-state index in [0.717, 1.165) is 41.0 Å². The summed E-state index contributed by atoms with van der Waals surface area (Å²) >= 11 is 0. The molecule has 3 fully saturated rings. The number of aliphatic hydroxyl groups excluding tert-OH is 1. The second kappa shape index (κ2) is 7.57. The van der Waals surface area contributed by atoms with Crippen LogP contribution in [0.15, 0.2) is 12.1 Å². The molecule has 2 heterocycles. The number of nitrogens with one attached hydrogen (secondary N) is 1. The first kappa shape index (κ1) is 23.1. The number of benzene rings is 1. The number of rotatable bonds is 8. The molecule has 2 bridgehead atoms. The molecule has 9 heteroatoms. The van der Waals surface area contributed by atoms with Gasteiger partial charge in [0.25, 0.3) is 0 Å². The second-order valence-electron chi connectivity index (χ2n) is 11.8. The quantitative estimate of drug-likeness (QED) is 0.348. The van der Waals surface area contributed by atoms with Gasteiger partial charge < -0.3 is 35.0 Å². The molecule has 1 aromatic carbocycles. The van der Waals surface area contributed by atoms with E-state index in [4.69, 9.17) is 9.84 Å². The Morgan fingerprint density at radius 2 is 2.00 bits per heavy atom. The highest BCUT2D eigenvalue weighted by atomic mass is 16.5. The van der Waals surface area contributed by atoms with Gasteiger partial charge >= 0.3 is 11.9 Å². The van der Waals surface area contributed by atoms with Crippen LogP contribution in [0.4, 0.5) is 5.69 Å². The topological polar surface area (TPSA) is 136 Å². The predicted molar refractivity (Wildman–Crippen MR) is 125 cm³/mol. The first-order valence-electron chi connectivity index (χ1n) is 12.9. The van der Waals surface area contributed by atoms with E-state index < -0.39 is 41.2 Å². The number of carbonyl (C=O) groups is 2. The van der Waals surface area contributed by atoms with E-state index in [1.54, 1.807) is 0 Å². The van der Waals surface area contributed by atoms with Gasteiger partial charge in [-0.25, -0.2) is 4.79 Å². The van der Waals surface area contributed by atoms with Crippen molar-refractivity contribution in [3.05, 3.63) is 23.3 Å². The smallest absolute Gasteiger partial charge is 0.326 e. The lowest BCUT2D eigenvalue weighted by Gasteiger charge is -2.65. The van der Waals surface area contributed by atoms with Gasteiger partial charge in [0.1, 0.15) is 29.5 Å². The van der Waals surface area contributed by atoms with Crippen molar-refractivity contribution in [2.24, 2.45) is 5.92 Å². The molecule has 1 spiro atoms. The molecule has 1 aromatic rings. The average Bonchev–Trinajstić information content (AvgIpc) is 3.52. The van der Waals surface area contributed by atoms with E-state index in [-0.39, 0.29) is 18.9 Å². The largest absolute Gasteiger partial charge is 0.484 e. The molecule has 2 aliphatic heterocycles. The van der Waals surface area contributed by atoms with E-state index in [0.29, 0.717) is 30.7 Å². The van der Waals surface area contributed by atoms with Crippen molar-refractivity contribution in [1.82, 2.24) is 0 Å². The predicted octanol–water partition coefficient (Wildman–Crippen LogP) is 1.49. The maximum absolute atomic E-state index is 12.5. The fourth-order valence-corrected chi connectivity index (χ4v) is 7.97.